The third kappa shape index (κ3) is 2.85. The number of carboxylic acids is 1. The summed E-state index contributed by atoms with van der Waals surface area (Å²) in [5, 5.41) is 8.75. The van der Waals surface area contributed by atoms with Crippen LogP contribution in [0, 0.1) is 0 Å². The highest BCUT2D eigenvalue weighted by Crippen LogP contribution is 2.22. The molecule has 1 amide bonds. The van der Waals surface area contributed by atoms with Gasteiger partial charge in [-0.25, -0.2) is 4.79 Å². The van der Waals surface area contributed by atoms with Crippen LogP contribution in [0.2, 0.25) is 0 Å². The van der Waals surface area contributed by atoms with Crippen molar-refractivity contribution in [3.63, 3.8) is 0 Å². The maximum absolute atomic E-state index is 11.9. The van der Waals surface area contributed by atoms with E-state index in [-0.39, 0.29) is 13.0 Å². The summed E-state index contributed by atoms with van der Waals surface area (Å²) >= 11 is 0. The Hall–Kier alpha value is -1.24. The lowest BCUT2D eigenvalue weighted by molar-refractivity contribution is -0.160. The number of carbonyl (C=O) groups excluding carboxylic acids is 1. The van der Waals surface area contributed by atoms with Gasteiger partial charge in [-0.3, -0.25) is 4.79 Å². The Morgan fingerprint density at radius 3 is 2.47 bits per heavy atom. The SMILES string of the molecule is CC(=O)N1C[C@H](OC(F)F)C[C@H]1C(=O)O. The lowest BCUT2D eigenvalue weighted by Gasteiger charge is -2.18. The van der Waals surface area contributed by atoms with Gasteiger partial charge in [0.05, 0.1) is 6.10 Å². The van der Waals surface area contributed by atoms with Gasteiger partial charge < -0.3 is 14.7 Å². The van der Waals surface area contributed by atoms with E-state index in [1.54, 1.807) is 0 Å². The third-order valence-corrected chi connectivity index (χ3v) is 2.25. The lowest BCUT2D eigenvalue weighted by atomic mass is 10.2. The first-order valence-electron chi connectivity index (χ1n) is 4.35. The molecule has 1 rings (SSSR count). The summed E-state index contributed by atoms with van der Waals surface area (Å²) in [4.78, 5) is 22.7. The van der Waals surface area contributed by atoms with Gasteiger partial charge in [-0.2, -0.15) is 8.78 Å². The number of likely N-dealkylation sites (tertiary alicyclic amines) is 1. The van der Waals surface area contributed by atoms with E-state index in [0.717, 1.165) is 4.90 Å². The summed E-state index contributed by atoms with van der Waals surface area (Å²) in [6.45, 7) is -1.85. The Labute approximate surface area is 84.6 Å². The van der Waals surface area contributed by atoms with Crippen LogP contribution in [0.5, 0.6) is 0 Å². The van der Waals surface area contributed by atoms with E-state index in [0.29, 0.717) is 0 Å². The number of rotatable bonds is 3. The van der Waals surface area contributed by atoms with Crippen molar-refractivity contribution < 1.29 is 28.2 Å². The molecule has 1 saturated heterocycles. The highest BCUT2D eigenvalue weighted by molar-refractivity contribution is 5.83. The fourth-order valence-corrected chi connectivity index (χ4v) is 1.62. The average Bonchev–Trinajstić information content (AvgIpc) is 2.46. The summed E-state index contributed by atoms with van der Waals surface area (Å²) in [6, 6.07) is -1.06. The first kappa shape index (κ1) is 11.8. The fourth-order valence-electron chi connectivity index (χ4n) is 1.62. The second-order valence-electron chi connectivity index (χ2n) is 3.28. The zero-order valence-electron chi connectivity index (χ0n) is 8.02. The van der Waals surface area contributed by atoms with Crippen molar-refractivity contribution in [3.05, 3.63) is 0 Å². The molecule has 0 aliphatic carbocycles. The van der Waals surface area contributed by atoms with E-state index in [1.165, 1.54) is 6.92 Å². The van der Waals surface area contributed by atoms with Gasteiger partial charge in [0.25, 0.3) is 0 Å². The summed E-state index contributed by atoms with van der Waals surface area (Å²) < 4.78 is 27.9. The van der Waals surface area contributed by atoms with Gasteiger partial charge in [0.1, 0.15) is 6.04 Å². The van der Waals surface area contributed by atoms with Crippen LogP contribution < -0.4 is 0 Å². The third-order valence-electron chi connectivity index (χ3n) is 2.25. The van der Waals surface area contributed by atoms with Crippen LogP contribution in [0.3, 0.4) is 0 Å². The number of alkyl halides is 2. The van der Waals surface area contributed by atoms with Crippen molar-refractivity contribution in [1.82, 2.24) is 4.90 Å². The summed E-state index contributed by atoms with van der Waals surface area (Å²) in [6.07, 6.45) is -1.01. The Balaban J connectivity index is 2.65. The van der Waals surface area contributed by atoms with Crippen LogP contribution in [0.1, 0.15) is 13.3 Å². The zero-order chi connectivity index (χ0) is 11.6. The van der Waals surface area contributed by atoms with E-state index in [2.05, 4.69) is 4.74 Å². The minimum atomic E-state index is -2.95. The van der Waals surface area contributed by atoms with Gasteiger partial charge >= 0.3 is 12.6 Å². The molecule has 1 heterocycles. The normalized spacial score (nSPS) is 26.0. The largest absolute Gasteiger partial charge is 0.480 e. The first-order valence-corrected chi connectivity index (χ1v) is 4.35. The minimum absolute atomic E-state index is 0.0980. The standard InChI is InChI=1S/C8H11F2NO4/c1-4(12)11-3-5(15-8(9)10)2-6(11)7(13)14/h5-6,8H,2-3H2,1H3,(H,13,14)/t5-,6+/m1/s1. The molecule has 0 aromatic heterocycles. The summed E-state index contributed by atoms with van der Waals surface area (Å²) in [7, 11) is 0. The summed E-state index contributed by atoms with van der Waals surface area (Å²) in [5.74, 6) is -1.66. The molecule has 1 aliphatic heterocycles. The summed E-state index contributed by atoms with van der Waals surface area (Å²) in [5.41, 5.74) is 0. The molecular formula is C8H11F2NO4. The van der Waals surface area contributed by atoms with Gasteiger partial charge in [0.2, 0.25) is 5.91 Å². The molecule has 0 spiro atoms. The molecule has 86 valence electrons. The van der Waals surface area contributed by atoms with E-state index >= 15 is 0 Å². The molecule has 1 aliphatic rings. The molecule has 0 saturated carbocycles. The number of halogens is 2. The van der Waals surface area contributed by atoms with Gasteiger partial charge in [0, 0.05) is 19.9 Å². The molecule has 0 aromatic carbocycles. The molecule has 0 bridgehead atoms. The topological polar surface area (TPSA) is 66.8 Å². The highest BCUT2D eigenvalue weighted by atomic mass is 19.3. The van der Waals surface area contributed by atoms with Crippen LogP contribution >= 0.6 is 0 Å². The zero-order valence-corrected chi connectivity index (χ0v) is 8.02. The number of carbonyl (C=O) groups is 2. The second kappa shape index (κ2) is 4.52. The molecule has 0 aromatic rings. The molecule has 15 heavy (non-hydrogen) atoms. The molecule has 7 heteroatoms. The number of aliphatic carboxylic acids is 1. The van der Waals surface area contributed by atoms with Gasteiger partial charge in [-0.1, -0.05) is 0 Å². The van der Waals surface area contributed by atoms with E-state index in [9.17, 15) is 18.4 Å². The Bertz CT molecular complexity index is 249. The Morgan fingerprint density at radius 2 is 2.13 bits per heavy atom. The number of nitrogens with zero attached hydrogens (tertiary/aromatic N) is 1. The Morgan fingerprint density at radius 1 is 1.53 bits per heavy atom. The number of amides is 1. The van der Waals surface area contributed by atoms with Gasteiger partial charge in [-0.05, 0) is 0 Å². The molecule has 1 fully saturated rings. The van der Waals surface area contributed by atoms with Crippen LogP contribution in [0.25, 0.3) is 0 Å². The molecule has 0 radical (unpaired) electrons. The Kier molecular flexibility index (Phi) is 3.57. The number of hydrogen-bond donors (Lipinski definition) is 1. The quantitative estimate of drug-likeness (QED) is 0.747. The van der Waals surface area contributed by atoms with Gasteiger partial charge in [-0.15, -0.1) is 0 Å². The van der Waals surface area contributed by atoms with Crippen molar-refractivity contribution in [3.8, 4) is 0 Å². The van der Waals surface area contributed by atoms with Crippen molar-refractivity contribution in [1.29, 1.82) is 0 Å². The van der Waals surface area contributed by atoms with Crippen molar-refractivity contribution in [2.45, 2.75) is 32.1 Å². The van der Waals surface area contributed by atoms with Crippen molar-refractivity contribution in [2.24, 2.45) is 0 Å². The molecule has 0 unspecified atom stereocenters. The number of ether oxygens (including phenoxy) is 1. The monoisotopic (exact) mass is 223 g/mol. The molecular weight excluding hydrogens is 212 g/mol. The molecule has 5 nitrogen and oxygen atoms in total. The smallest absolute Gasteiger partial charge is 0.345 e. The van der Waals surface area contributed by atoms with E-state index in [1.807, 2.05) is 0 Å². The fraction of sp³-hybridized carbons (Fsp3) is 0.750. The number of hydrogen-bond acceptors (Lipinski definition) is 3. The minimum Gasteiger partial charge on any atom is -0.480 e. The predicted molar refractivity (Wildman–Crippen MR) is 44.3 cm³/mol. The van der Waals surface area contributed by atoms with E-state index < -0.39 is 30.6 Å². The van der Waals surface area contributed by atoms with Crippen LogP contribution in [0.4, 0.5) is 8.78 Å². The average molecular weight is 223 g/mol. The van der Waals surface area contributed by atoms with Crippen molar-refractivity contribution >= 4 is 11.9 Å². The van der Waals surface area contributed by atoms with Gasteiger partial charge in [0.15, 0.2) is 0 Å². The first-order chi connectivity index (χ1) is 6.91. The second-order valence-corrected chi connectivity index (χ2v) is 3.28. The lowest BCUT2D eigenvalue weighted by Crippen LogP contribution is -2.39. The maximum Gasteiger partial charge on any atom is 0.345 e. The van der Waals surface area contributed by atoms with Crippen molar-refractivity contribution in [2.75, 3.05) is 6.54 Å². The molecule has 2 atom stereocenters. The van der Waals surface area contributed by atoms with Crippen LogP contribution in [-0.4, -0.2) is 47.2 Å². The number of carboxylic acid groups (broad SMARTS) is 1. The van der Waals surface area contributed by atoms with Crippen LogP contribution in [0.15, 0.2) is 0 Å². The maximum atomic E-state index is 11.9. The van der Waals surface area contributed by atoms with E-state index in [4.69, 9.17) is 5.11 Å². The molecule has 1 N–H and O–H groups in total. The predicted octanol–water partition coefficient (Wildman–Crippen LogP) is 0.300. The highest BCUT2D eigenvalue weighted by Gasteiger charge is 2.39. The van der Waals surface area contributed by atoms with Crippen LogP contribution in [-0.2, 0) is 14.3 Å².